The Labute approximate surface area is 262 Å². The molecule has 7 nitrogen and oxygen atoms in total. The van der Waals surface area contributed by atoms with Gasteiger partial charge in [0.2, 0.25) is 6.10 Å². The average molecular weight is 608 g/mol. The second kappa shape index (κ2) is 10.0. The van der Waals surface area contributed by atoms with E-state index in [2.05, 4.69) is 39.9 Å². The molecule has 7 heteroatoms. The minimum absolute atomic E-state index is 0.0751. The number of carbonyl (C=O) groups is 2. The number of hydrogen-bond donors (Lipinski definition) is 3. The Balaban J connectivity index is 1.16. The van der Waals surface area contributed by atoms with E-state index in [9.17, 15) is 19.8 Å². The Hall–Kier alpha value is -1.96. The molecule has 7 rings (SSSR count). The predicted molar refractivity (Wildman–Crippen MR) is 166 cm³/mol. The average Bonchev–Trinajstić information content (AvgIpc) is 3.62. The van der Waals surface area contributed by atoms with Crippen LogP contribution in [0.1, 0.15) is 98.5 Å². The molecule has 5 aliphatic carbocycles. The summed E-state index contributed by atoms with van der Waals surface area (Å²) >= 11 is 0. The highest BCUT2D eigenvalue weighted by Gasteiger charge is 2.84. The van der Waals surface area contributed by atoms with Crippen molar-refractivity contribution in [1.82, 2.24) is 5.32 Å². The van der Waals surface area contributed by atoms with E-state index in [1.807, 2.05) is 30.3 Å². The molecule has 6 aliphatic rings. The maximum absolute atomic E-state index is 13.5. The molecule has 1 heterocycles. The van der Waals surface area contributed by atoms with E-state index in [0.717, 1.165) is 37.7 Å². The van der Waals surface area contributed by atoms with E-state index < -0.39 is 30.4 Å². The smallest absolute Gasteiger partial charge is 0.303 e. The summed E-state index contributed by atoms with van der Waals surface area (Å²) in [7, 11) is 0. The molecule has 4 unspecified atom stereocenters. The van der Waals surface area contributed by atoms with Crippen molar-refractivity contribution in [3.8, 4) is 0 Å². The zero-order valence-electron chi connectivity index (χ0n) is 27.5. The second-order valence-electron chi connectivity index (χ2n) is 16.8. The normalized spacial score (nSPS) is 48.8. The SMILES string of the molecule is CC(=O)O[C@H](C(=O)NCc1ccccc1)C1C[C@@H](C)[C@H]2C(O1)[C@H](O)[C@@]1(C)C3CC[C@H]4C(C)(C)[C@@H](O)CC[C@@]45CC35CC[C@]21C. The van der Waals surface area contributed by atoms with Crippen LogP contribution in [-0.2, 0) is 25.6 Å². The monoisotopic (exact) mass is 607 g/mol. The van der Waals surface area contributed by atoms with E-state index in [0.29, 0.717) is 24.8 Å². The van der Waals surface area contributed by atoms with E-state index in [1.54, 1.807) is 0 Å². The number of benzene rings is 1. The van der Waals surface area contributed by atoms with E-state index >= 15 is 0 Å². The topological polar surface area (TPSA) is 105 Å². The summed E-state index contributed by atoms with van der Waals surface area (Å²) < 4.78 is 12.5. The van der Waals surface area contributed by atoms with E-state index in [-0.39, 0.29) is 50.9 Å². The standard InChI is InChI=1S/C37H53NO6/c1-21-18-24(29(43-22(2)39)32(42)38-19-23-10-8-7-9-11-23)44-30-28(21)34(5)16-17-37-20-36(37)15-14-27(40)33(3,4)25(36)12-13-26(37)35(34,6)31(30)41/h7-11,21,24-31,40-41H,12-20H2,1-6H3,(H,38,42)/t21-,24?,25+,26?,27+,28+,29+,30?,31+,34-,35-,36-,37?/m1/s1. The van der Waals surface area contributed by atoms with Crippen LogP contribution in [-0.4, -0.2) is 52.6 Å². The lowest BCUT2D eigenvalue weighted by molar-refractivity contribution is -0.192. The molecule has 0 bridgehead atoms. The minimum Gasteiger partial charge on any atom is -0.450 e. The first kappa shape index (κ1) is 30.7. The molecule has 44 heavy (non-hydrogen) atoms. The predicted octanol–water partition coefficient (Wildman–Crippen LogP) is 5.41. The summed E-state index contributed by atoms with van der Waals surface area (Å²) in [6.45, 7) is 13.3. The maximum atomic E-state index is 13.5. The Kier molecular flexibility index (Phi) is 6.99. The molecular formula is C37H53NO6. The molecule has 242 valence electrons. The van der Waals surface area contributed by atoms with Crippen LogP contribution in [0, 0.1) is 50.7 Å². The van der Waals surface area contributed by atoms with Gasteiger partial charge >= 0.3 is 5.97 Å². The number of nitrogens with one attached hydrogen (secondary N) is 1. The lowest BCUT2D eigenvalue weighted by Gasteiger charge is -2.63. The molecule has 1 aromatic rings. The van der Waals surface area contributed by atoms with Gasteiger partial charge in [-0.15, -0.1) is 0 Å². The van der Waals surface area contributed by atoms with Crippen LogP contribution in [0.5, 0.6) is 0 Å². The quantitative estimate of drug-likeness (QED) is 0.387. The molecule has 1 amide bonds. The summed E-state index contributed by atoms with van der Waals surface area (Å²) in [5, 5.41) is 26.4. The van der Waals surface area contributed by atoms with Crippen LogP contribution in [0.2, 0.25) is 0 Å². The van der Waals surface area contributed by atoms with Crippen molar-refractivity contribution in [2.75, 3.05) is 0 Å². The van der Waals surface area contributed by atoms with Crippen molar-refractivity contribution in [2.45, 2.75) is 130 Å². The first-order chi connectivity index (χ1) is 20.7. The number of esters is 1. The number of carbonyl (C=O) groups excluding carboxylic acids is 2. The van der Waals surface area contributed by atoms with Gasteiger partial charge in [-0.2, -0.15) is 0 Å². The molecule has 1 aliphatic heterocycles. The highest BCUT2D eigenvalue weighted by atomic mass is 16.6. The van der Waals surface area contributed by atoms with Crippen molar-refractivity contribution < 1.29 is 29.3 Å². The van der Waals surface area contributed by atoms with E-state index in [1.165, 1.54) is 19.8 Å². The summed E-state index contributed by atoms with van der Waals surface area (Å²) in [5.41, 5.74) is 0.997. The van der Waals surface area contributed by atoms with Gasteiger partial charge in [-0.05, 0) is 102 Å². The summed E-state index contributed by atoms with van der Waals surface area (Å²) in [6.07, 6.45) is 5.27. The van der Waals surface area contributed by atoms with Crippen LogP contribution in [0.25, 0.3) is 0 Å². The van der Waals surface area contributed by atoms with Gasteiger partial charge in [0.05, 0.1) is 18.3 Å². The number of rotatable bonds is 5. The number of aliphatic hydroxyl groups excluding tert-OH is 2. The van der Waals surface area contributed by atoms with Crippen molar-refractivity contribution in [3.05, 3.63) is 35.9 Å². The van der Waals surface area contributed by atoms with Gasteiger partial charge in [-0.25, -0.2) is 0 Å². The van der Waals surface area contributed by atoms with Gasteiger partial charge in [-0.1, -0.05) is 65.0 Å². The van der Waals surface area contributed by atoms with Gasteiger partial charge in [0.15, 0.2) is 0 Å². The molecule has 5 saturated carbocycles. The van der Waals surface area contributed by atoms with Crippen LogP contribution in [0.3, 0.4) is 0 Å². The van der Waals surface area contributed by atoms with Gasteiger partial charge in [-0.3, -0.25) is 9.59 Å². The summed E-state index contributed by atoms with van der Waals surface area (Å²) in [5.74, 6) is 0.426. The Morgan fingerprint density at radius 3 is 2.39 bits per heavy atom. The molecule has 1 aromatic carbocycles. The van der Waals surface area contributed by atoms with Crippen molar-refractivity contribution in [2.24, 2.45) is 50.7 Å². The zero-order valence-corrected chi connectivity index (χ0v) is 27.5. The Morgan fingerprint density at radius 1 is 1.00 bits per heavy atom. The molecule has 1 saturated heterocycles. The fraction of sp³-hybridized carbons (Fsp3) is 0.784. The van der Waals surface area contributed by atoms with Crippen LogP contribution in [0.15, 0.2) is 30.3 Å². The Morgan fingerprint density at radius 2 is 1.68 bits per heavy atom. The molecular weight excluding hydrogens is 554 g/mol. The molecule has 3 N–H and O–H groups in total. The minimum atomic E-state index is -1.07. The maximum Gasteiger partial charge on any atom is 0.303 e. The van der Waals surface area contributed by atoms with Gasteiger partial charge < -0.3 is 25.0 Å². The first-order valence-electron chi connectivity index (χ1n) is 17.2. The largest absolute Gasteiger partial charge is 0.450 e. The van der Waals surface area contributed by atoms with Gasteiger partial charge in [0.1, 0.15) is 6.10 Å². The first-order valence-corrected chi connectivity index (χ1v) is 17.2. The summed E-state index contributed by atoms with van der Waals surface area (Å²) in [4.78, 5) is 25.7. The van der Waals surface area contributed by atoms with Crippen LogP contribution in [0.4, 0.5) is 0 Å². The molecule has 13 atom stereocenters. The fourth-order valence-electron chi connectivity index (χ4n) is 12.9. The third kappa shape index (κ3) is 3.90. The van der Waals surface area contributed by atoms with Crippen molar-refractivity contribution in [1.29, 1.82) is 0 Å². The lowest BCUT2D eigenvalue weighted by atomic mass is 9.41. The Bertz CT molecular complexity index is 1320. The third-order valence-corrected chi connectivity index (χ3v) is 15.0. The molecule has 0 aromatic heterocycles. The van der Waals surface area contributed by atoms with Crippen LogP contribution >= 0.6 is 0 Å². The van der Waals surface area contributed by atoms with Gasteiger partial charge in [0.25, 0.3) is 5.91 Å². The third-order valence-electron chi connectivity index (χ3n) is 15.0. The zero-order chi connectivity index (χ0) is 31.4. The highest BCUT2D eigenvalue weighted by Crippen LogP contribution is 2.89. The summed E-state index contributed by atoms with van der Waals surface area (Å²) in [6, 6.07) is 9.69. The molecule has 0 radical (unpaired) electrons. The van der Waals surface area contributed by atoms with E-state index in [4.69, 9.17) is 9.47 Å². The molecule has 2 spiro atoms. The highest BCUT2D eigenvalue weighted by molar-refractivity contribution is 5.84. The van der Waals surface area contributed by atoms with Gasteiger partial charge in [0, 0.05) is 18.9 Å². The number of ether oxygens (including phenoxy) is 2. The number of amides is 1. The molecule has 6 fully saturated rings. The number of aliphatic hydroxyl groups is 2. The van der Waals surface area contributed by atoms with Crippen molar-refractivity contribution in [3.63, 3.8) is 0 Å². The van der Waals surface area contributed by atoms with Crippen molar-refractivity contribution >= 4 is 11.9 Å². The number of hydrogen-bond acceptors (Lipinski definition) is 6. The lowest BCUT2D eigenvalue weighted by Crippen LogP contribution is -2.59. The van der Waals surface area contributed by atoms with Crippen LogP contribution < -0.4 is 5.32 Å². The fourth-order valence-corrected chi connectivity index (χ4v) is 12.9. The second-order valence-corrected chi connectivity index (χ2v) is 16.8. The number of fused-ring (bicyclic) bond motifs is 4.